The normalized spacial score (nSPS) is 15.8. The Bertz CT molecular complexity index is 433. The van der Waals surface area contributed by atoms with Crippen molar-refractivity contribution < 1.29 is 9.53 Å². The maximum absolute atomic E-state index is 12.3. The van der Waals surface area contributed by atoms with Gasteiger partial charge in [0, 0.05) is 18.8 Å². The topological polar surface area (TPSA) is 55.3 Å². The van der Waals surface area contributed by atoms with Crippen LogP contribution in [0, 0.1) is 6.92 Å². The Labute approximate surface area is 111 Å². The molecule has 1 aliphatic rings. The molecule has 1 fully saturated rings. The van der Waals surface area contributed by atoms with Crippen molar-refractivity contribution in [2.45, 2.75) is 19.0 Å². The second kappa shape index (κ2) is 6.15. The fraction of sp³-hybridized carbons (Fsp3) is 0.583. The van der Waals surface area contributed by atoms with E-state index in [1.165, 1.54) is 0 Å². The van der Waals surface area contributed by atoms with E-state index in [2.05, 4.69) is 9.97 Å². The van der Waals surface area contributed by atoms with E-state index in [9.17, 15) is 4.79 Å². The molecule has 0 atom stereocenters. The number of hydrogen-bond acceptors (Lipinski definition) is 5. The van der Waals surface area contributed by atoms with E-state index in [4.69, 9.17) is 4.74 Å². The van der Waals surface area contributed by atoms with E-state index in [0.717, 1.165) is 11.4 Å². The molecule has 1 amide bonds. The Kier molecular flexibility index (Phi) is 4.54. The van der Waals surface area contributed by atoms with Crippen LogP contribution in [0.2, 0.25) is 0 Å². The summed E-state index contributed by atoms with van der Waals surface area (Å²) in [5.74, 6) is 0.871. The van der Waals surface area contributed by atoms with Gasteiger partial charge in [-0.05, 0) is 18.7 Å². The van der Waals surface area contributed by atoms with Crippen molar-refractivity contribution in [3.63, 3.8) is 0 Å². The minimum absolute atomic E-state index is 0.0262. The van der Waals surface area contributed by atoms with Crippen LogP contribution in [-0.2, 0) is 4.74 Å². The van der Waals surface area contributed by atoms with Crippen molar-refractivity contribution in [2.75, 3.05) is 32.1 Å². The molecule has 0 N–H and O–H groups in total. The van der Waals surface area contributed by atoms with Gasteiger partial charge in [-0.15, -0.1) is 0 Å². The Morgan fingerprint density at radius 3 is 2.83 bits per heavy atom. The molecule has 0 aliphatic carbocycles. The fourth-order valence-electron chi connectivity index (χ4n) is 1.77. The first-order valence-electron chi connectivity index (χ1n) is 6.06. The number of ether oxygens (including phenoxy) is 1. The van der Waals surface area contributed by atoms with E-state index >= 15 is 0 Å². The predicted octanol–water partition coefficient (Wildman–Crippen LogP) is 1.37. The number of carbonyl (C=O) groups excluding carboxylic acids is 1. The Morgan fingerprint density at radius 1 is 1.44 bits per heavy atom. The van der Waals surface area contributed by atoms with Crippen molar-refractivity contribution in [3.8, 4) is 0 Å². The number of nitrogens with zero attached hydrogens (tertiary/aromatic N) is 3. The van der Waals surface area contributed by atoms with E-state index in [1.807, 2.05) is 13.8 Å². The maximum Gasteiger partial charge on any atom is 0.272 e. The first-order chi connectivity index (χ1) is 8.70. The monoisotopic (exact) mass is 267 g/mol. The summed E-state index contributed by atoms with van der Waals surface area (Å²) in [5.41, 5.74) is 1.32. The third-order valence-corrected chi connectivity index (χ3v) is 3.35. The highest BCUT2D eigenvalue weighted by Crippen LogP contribution is 2.15. The standard InChI is InChI=1S/C12H17N3O2S/c1-3-18-12-13-9(2)8-10(14-12)11(16)15-4-6-17-7-5-15/h8H,3-7H2,1-2H3. The molecule has 98 valence electrons. The van der Waals surface area contributed by atoms with Crippen LogP contribution in [0.15, 0.2) is 11.2 Å². The Morgan fingerprint density at radius 2 is 2.17 bits per heavy atom. The number of aryl methyl sites for hydroxylation is 1. The molecule has 1 aliphatic heterocycles. The van der Waals surface area contributed by atoms with Gasteiger partial charge in [0.05, 0.1) is 13.2 Å². The zero-order chi connectivity index (χ0) is 13.0. The molecule has 0 unspecified atom stereocenters. The molecule has 1 aromatic rings. The molecule has 1 saturated heterocycles. The summed E-state index contributed by atoms with van der Waals surface area (Å²) >= 11 is 1.55. The molecule has 5 nitrogen and oxygen atoms in total. The van der Waals surface area contributed by atoms with Gasteiger partial charge in [0.25, 0.3) is 5.91 Å². The van der Waals surface area contributed by atoms with Gasteiger partial charge in [-0.3, -0.25) is 4.79 Å². The van der Waals surface area contributed by atoms with Crippen LogP contribution >= 0.6 is 11.8 Å². The number of thioether (sulfide) groups is 1. The number of carbonyl (C=O) groups is 1. The Balaban J connectivity index is 2.18. The second-order valence-electron chi connectivity index (χ2n) is 4.01. The summed E-state index contributed by atoms with van der Waals surface area (Å²) in [6, 6.07) is 1.75. The third kappa shape index (κ3) is 3.20. The van der Waals surface area contributed by atoms with Crippen LogP contribution in [0.4, 0.5) is 0 Å². The van der Waals surface area contributed by atoms with E-state index in [1.54, 1.807) is 22.7 Å². The SMILES string of the molecule is CCSc1nc(C)cc(C(=O)N2CCOCC2)n1. The first-order valence-corrected chi connectivity index (χ1v) is 7.04. The number of morpholine rings is 1. The van der Waals surface area contributed by atoms with Crippen molar-refractivity contribution in [3.05, 3.63) is 17.5 Å². The minimum Gasteiger partial charge on any atom is -0.378 e. The zero-order valence-corrected chi connectivity index (χ0v) is 11.5. The van der Waals surface area contributed by atoms with E-state index in [0.29, 0.717) is 37.2 Å². The first kappa shape index (κ1) is 13.3. The summed E-state index contributed by atoms with van der Waals surface area (Å²) in [6.07, 6.45) is 0. The van der Waals surface area contributed by atoms with Crippen molar-refractivity contribution in [1.29, 1.82) is 0 Å². The summed E-state index contributed by atoms with van der Waals surface area (Å²) in [5, 5.41) is 0.675. The van der Waals surface area contributed by atoms with Crippen LogP contribution in [0.5, 0.6) is 0 Å². The van der Waals surface area contributed by atoms with E-state index < -0.39 is 0 Å². The van der Waals surface area contributed by atoms with Crippen LogP contribution in [0.1, 0.15) is 23.1 Å². The highest BCUT2D eigenvalue weighted by atomic mass is 32.2. The molecule has 0 radical (unpaired) electrons. The van der Waals surface area contributed by atoms with E-state index in [-0.39, 0.29) is 5.91 Å². The molecule has 1 aromatic heterocycles. The second-order valence-corrected chi connectivity index (χ2v) is 5.25. The molecule has 18 heavy (non-hydrogen) atoms. The molecule has 0 spiro atoms. The molecule has 0 bridgehead atoms. The van der Waals surface area contributed by atoms with Crippen molar-refractivity contribution in [2.24, 2.45) is 0 Å². The molecule has 0 saturated carbocycles. The lowest BCUT2D eigenvalue weighted by molar-refractivity contribution is 0.0298. The smallest absolute Gasteiger partial charge is 0.272 e. The van der Waals surface area contributed by atoms with Gasteiger partial charge in [0.2, 0.25) is 0 Å². The van der Waals surface area contributed by atoms with Crippen LogP contribution in [-0.4, -0.2) is 52.8 Å². The highest BCUT2D eigenvalue weighted by Gasteiger charge is 2.20. The zero-order valence-electron chi connectivity index (χ0n) is 10.7. The number of aromatic nitrogens is 2. The quantitative estimate of drug-likeness (QED) is 0.611. The van der Waals surface area contributed by atoms with Gasteiger partial charge in [0.15, 0.2) is 5.16 Å². The average molecular weight is 267 g/mol. The summed E-state index contributed by atoms with van der Waals surface area (Å²) in [4.78, 5) is 22.7. The van der Waals surface area contributed by atoms with Crippen LogP contribution in [0.25, 0.3) is 0 Å². The van der Waals surface area contributed by atoms with Crippen molar-refractivity contribution >= 4 is 17.7 Å². The molecule has 2 rings (SSSR count). The molecule has 0 aromatic carbocycles. The maximum atomic E-state index is 12.3. The van der Waals surface area contributed by atoms with Gasteiger partial charge in [0.1, 0.15) is 5.69 Å². The van der Waals surface area contributed by atoms with Crippen LogP contribution in [0.3, 0.4) is 0 Å². The third-order valence-electron chi connectivity index (χ3n) is 2.62. The lowest BCUT2D eigenvalue weighted by Crippen LogP contribution is -2.41. The molecule has 6 heteroatoms. The highest BCUT2D eigenvalue weighted by molar-refractivity contribution is 7.99. The molecule has 2 heterocycles. The lowest BCUT2D eigenvalue weighted by atomic mass is 10.3. The average Bonchev–Trinajstić information content (AvgIpc) is 2.38. The Hall–Kier alpha value is -1.14. The minimum atomic E-state index is -0.0262. The summed E-state index contributed by atoms with van der Waals surface area (Å²) in [6.45, 7) is 6.41. The van der Waals surface area contributed by atoms with Crippen LogP contribution < -0.4 is 0 Å². The predicted molar refractivity (Wildman–Crippen MR) is 69.9 cm³/mol. The summed E-state index contributed by atoms with van der Waals surface area (Å²) in [7, 11) is 0. The van der Waals surface area contributed by atoms with Gasteiger partial charge in [-0.1, -0.05) is 18.7 Å². The van der Waals surface area contributed by atoms with Gasteiger partial charge < -0.3 is 9.64 Å². The van der Waals surface area contributed by atoms with Gasteiger partial charge >= 0.3 is 0 Å². The molecular formula is C12H17N3O2S. The fourth-order valence-corrected chi connectivity index (χ4v) is 2.40. The lowest BCUT2D eigenvalue weighted by Gasteiger charge is -2.26. The number of rotatable bonds is 3. The number of amides is 1. The van der Waals surface area contributed by atoms with Crippen molar-refractivity contribution in [1.82, 2.24) is 14.9 Å². The largest absolute Gasteiger partial charge is 0.378 e. The summed E-state index contributed by atoms with van der Waals surface area (Å²) < 4.78 is 5.24. The van der Waals surface area contributed by atoms with Gasteiger partial charge in [-0.25, -0.2) is 9.97 Å². The molecular weight excluding hydrogens is 250 g/mol. The number of hydrogen-bond donors (Lipinski definition) is 0. The van der Waals surface area contributed by atoms with Gasteiger partial charge in [-0.2, -0.15) is 0 Å².